The molecule has 0 aliphatic rings. The number of hydrogen-bond acceptors (Lipinski definition) is 4. The highest BCUT2D eigenvalue weighted by atomic mass is 16.4. The summed E-state index contributed by atoms with van der Waals surface area (Å²) in [6, 6.07) is 13.9. The Morgan fingerprint density at radius 2 is 1.55 bits per heavy atom. The van der Waals surface area contributed by atoms with E-state index in [1.165, 1.54) is 11.8 Å². The average molecular weight is 426 g/mol. The van der Waals surface area contributed by atoms with E-state index in [4.69, 9.17) is 11.5 Å². The molecule has 2 aromatic rings. The number of hydrogen-bond donors (Lipinski definition) is 3. The first-order valence-corrected chi connectivity index (χ1v) is 10.2. The number of para-hydroxylation sites is 1. The molecule has 0 spiro atoms. The minimum absolute atomic E-state index is 0.180. The molecule has 2 aromatic carbocycles. The number of anilines is 1. The normalized spacial score (nSPS) is 14.3. The number of nitrogen functional groups attached to an aromatic ring is 1. The van der Waals surface area contributed by atoms with E-state index in [1.807, 2.05) is 39.0 Å². The van der Waals surface area contributed by atoms with Crippen molar-refractivity contribution in [2.24, 2.45) is 11.1 Å². The van der Waals surface area contributed by atoms with Crippen molar-refractivity contribution in [1.82, 2.24) is 4.90 Å². The number of rotatable bonds is 8. The van der Waals surface area contributed by atoms with Gasteiger partial charge in [0, 0.05) is 11.7 Å². The van der Waals surface area contributed by atoms with Gasteiger partial charge in [0.25, 0.3) is 5.91 Å². The van der Waals surface area contributed by atoms with E-state index in [9.17, 15) is 19.5 Å². The number of nitrogens with two attached hydrogens (primary N) is 2. The minimum Gasteiger partial charge on any atom is -0.480 e. The molecule has 0 saturated heterocycles. The summed E-state index contributed by atoms with van der Waals surface area (Å²) in [4.78, 5) is 39.2. The maximum absolute atomic E-state index is 13.6. The van der Waals surface area contributed by atoms with E-state index in [-0.39, 0.29) is 17.7 Å². The van der Waals surface area contributed by atoms with Crippen LogP contribution in [0, 0.1) is 5.41 Å². The van der Waals surface area contributed by atoms with E-state index in [1.54, 1.807) is 36.4 Å². The Morgan fingerprint density at radius 1 is 1.00 bits per heavy atom. The molecule has 0 aliphatic heterocycles. The Morgan fingerprint density at radius 3 is 2.03 bits per heavy atom. The van der Waals surface area contributed by atoms with Crippen LogP contribution in [-0.4, -0.2) is 39.9 Å². The summed E-state index contributed by atoms with van der Waals surface area (Å²) in [6.45, 7) is 7.18. The quantitative estimate of drug-likeness (QED) is 0.560. The van der Waals surface area contributed by atoms with Gasteiger partial charge >= 0.3 is 5.97 Å². The molecular weight excluding hydrogens is 394 g/mol. The summed E-state index contributed by atoms with van der Waals surface area (Å²) in [5.41, 5.74) is 12.4. The highest BCUT2D eigenvalue weighted by Crippen LogP contribution is 2.35. The van der Waals surface area contributed by atoms with Gasteiger partial charge in [0.1, 0.15) is 6.04 Å². The Labute approximate surface area is 183 Å². The van der Waals surface area contributed by atoms with Crippen molar-refractivity contribution in [1.29, 1.82) is 0 Å². The number of carbonyl (C=O) groups is 3. The van der Waals surface area contributed by atoms with Crippen molar-refractivity contribution in [3.05, 3.63) is 65.7 Å². The van der Waals surface area contributed by atoms with Gasteiger partial charge in [-0.25, -0.2) is 4.79 Å². The molecule has 5 N–H and O–H groups in total. The fourth-order valence-electron chi connectivity index (χ4n) is 3.75. The summed E-state index contributed by atoms with van der Waals surface area (Å²) in [6.07, 6.45) is 0.180. The minimum atomic E-state index is -1.15. The SMILES string of the molecule is CC(C(=O)O)N(C(=O)c1ccccc1N)C(CC(C(N)=O)c1ccccc1)C(C)(C)C. The molecule has 7 nitrogen and oxygen atoms in total. The van der Waals surface area contributed by atoms with Crippen molar-refractivity contribution in [3.63, 3.8) is 0 Å². The summed E-state index contributed by atoms with van der Waals surface area (Å²) in [5, 5.41) is 9.78. The third-order valence-corrected chi connectivity index (χ3v) is 5.54. The zero-order chi connectivity index (χ0) is 23.3. The van der Waals surface area contributed by atoms with Crippen LogP contribution < -0.4 is 11.5 Å². The molecule has 0 aromatic heterocycles. The smallest absolute Gasteiger partial charge is 0.326 e. The molecule has 2 amide bonds. The van der Waals surface area contributed by atoms with Gasteiger partial charge in [-0.3, -0.25) is 9.59 Å². The summed E-state index contributed by atoms with van der Waals surface area (Å²) in [7, 11) is 0. The number of primary amides is 1. The molecule has 2 rings (SSSR count). The largest absolute Gasteiger partial charge is 0.480 e. The number of nitrogens with zero attached hydrogens (tertiary/aromatic N) is 1. The predicted octanol–water partition coefficient (Wildman–Crippen LogP) is 3.26. The predicted molar refractivity (Wildman–Crippen MR) is 120 cm³/mol. The second kappa shape index (κ2) is 9.64. The van der Waals surface area contributed by atoms with Gasteiger partial charge in [-0.2, -0.15) is 0 Å². The molecule has 0 aliphatic carbocycles. The number of amides is 2. The van der Waals surface area contributed by atoms with Crippen molar-refractivity contribution in [2.75, 3.05) is 5.73 Å². The first-order chi connectivity index (χ1) is 14.4. The van der Waals surface area contributed by atoms with E-state index < -0.39 is 41.2 Å². The third-order valence-electron chi connectivity index (χ3n) is 5.54. The van der Waals surface area contributed by atoms with Crippen LogP contribution in [0.15, 0.2) is 54.6 Å². The van der Waals surface area contributed by atoms with Crippen molar-refractivity contribution < 1.29 is 19.5 Å². The fraction of sp³-hybridized carbons (Fsp3) is 0.375. The van der Waals surface area contributed by atoms with Gasteiger partial charge in [0.05, 0.1) is 11.5 Å². The number of carboxylic acid groups (broad SMARTS) is 1. The Bertz CT molecular complexity index is 937. The van der Waals surface area contributed by atoms with Crippen LogP contribution in [0.25, 0.3) is 0 Å². The van der Waals surface area contributed by atoms with Gasteiger partial charge in [-0.05, 0) is 36.5 Å². The lowest BCUT2D eigenvalue weighted by Gasteiger charge is -2.43. The molecule has 0 fully saturated rings. The molecule has 166 valence electrons. The number of benzene rings is 2. The molecule has 7 heteroatoms. The van der Waals surface area contributed by atoms with Crippen LogP contribution >= 0.6 is 0 Å². The third kappa shape index (κ3) is 5.63. The highest BCUT2D eigenvalue weighted by Gasteiger charge is 2.41. The van der Waals surface area contributed by atoms with Crippen LogP contribution in [0.4, 0.5) is 5.69 Å². The number of carboxylic acids is 1. The standard InChI is InChI=1S/C24H31N3O4/c1-15(23(30)31)27(22(29)17-12-8-9-13-19(17)25)20(24(2,3)4)14-18(21(26)28)16-10-6-5-7-11-16/h5-13,15,18,20H,14,25H2,1-4H3,(H2,26,28)(H,30,31). The van der Waals surface area contributed by atoms with Gasteiger partial charge in [0.15, 0.2) is 0 Å². The lowest BCUT2D eigenvalue weighted by atomic mass is 9.77. The zero-order valence-electron chi connectivity index (χ0n) is 18.4. The Balaban J connectivity index is 2.59. The van der Waals surface area contributed by atoms with Crippen LogP contribution in [0.3, 0.4) is 0 Å². The van der Waals surface area contributed by atoms with Crippen LogP contribution in [-0.2, 0) is 9.59 Å². The van der Waals surface area contributed by atoms with E-state index in [0.717, 1.165) is 5.56 Å². The Kier molecular flexibility index (Phi) is 7.44. The van der Waals surface area contributed by atoms with Gasteiger partial charge < -0.3 is 21.5 Å². The van der Waals surface area contributed by atoms with Gasteiger partial charge in [-0.1, -0.05) is 63.2 Å². The van der Waals surface area contributed by atoms with Crippen LogP contribution in [0.2, 0.25) is 0 Å². The molecule has 0 bridgehead atoms. The molecule has 0 saturated carbocycles. The lowest BCUT2D eigenvalue weighted by Crippen LogP contribution is -2.55. The maximum atomic E-state index is 13.6. The Hall–Kier alpha value is -3.35. The lowest BCUT2D eigenvalue weighted by molar-refractivity contribution is -0.143. The molecule has 0 heterocycles. The number of aliphatic carboxylic acids is 1. The number of carbonyl (C=O) groups excluding carboxylic acids is 2. The maximum Gasteiger partial charge on any atom is 0.326 e. The van der Waals surface area contributed by atoms with Gasteiger partial charge in [0.2, 0.25) is 5.91 Å². The fourth-order valence-corrected chi connectivity index (χ4v) is 3.75. The first-order valence-electron chi connectivity index (χ1n) is 10.2. The summed E-state index contributed by atoms with van der Waals surface area (Å²) in [5.74, 6) is -2.86. The van der Waals surface area contributed by atoms with Gasteiger partial charge in [-0.15, -0.1) is 0 Å². The monoisotopic (exact) mass is 425 g/mol. The van der Waals surface area contributed by atoms with E-state index in [0.29, 0.717) is 0 Å². The first kappa shape index (κ1) is 23.9. The van der Waals surface area contributed by atoms with Crippen LogP contribution in [0.5, 0.6) is 0 Å². The summed E-state index contributed by atoms with van der Waals surface area (Å²) < 4.78 is 0. The van der Waals surface area contributed by atoms with Crippen molar-refractivity contribution in [2.45, 2.75) is 52.1 Å². The average Bonchev–Trinajstić information content (AvgIpc) is 2.70. The van der Waals surface area contributed by atoms with E-state index in [2.05, 4.69) is 0 Å². The molecule has 3 atom stereocenters. The van der Waals surface area contributed by atoms with Crippen molar-refractivity contribution in [3.8, 4) is 0 Å². The highest BCUT2D eigenvalue weighted by molar-refractivity contribution is 6.01. The molecule has 3 unspecified atom stereocenters. The molecule has 0 radical (unpaired) electrons. The summed E-state index contributed by atoms with van der Waals surface area (Å²) >= 11 is 0. The van der Waals surface area contributed by atoms with Crippen molar-refractivity contribution >= 4 is 23.5 Å². The molecular formula is C24H31N3O4. The van der Waals surface area contributed by atoms with Crippen LogP contribution in [0.1, 0.15) is 56.0 Å². The second-order valence-electron chi connectivity index (χ2n) is 8.80. The second-order valence-corrected chi connectivity index (χ2v) is 8.80. The molecule has 31 heavy (non-hydrogen) atoms. The van der Waals surface area contributed by atoms with E-state index >= 15 is 0 Å². The topological polar surface area (TPSA) is 127 Å². The zero-order valence-corrected chi connectivity index (χ0v) is 18.4.